The van der Waals surface area contributed by atoms with E-state index >= 15 is 0 Å². The molecule has 0 radical (unpaired) electrons. The third-order valence-electron chi connectivity index (χ3n) is 9.49. The quantitative estimate of drug-likeness (QED) is 0.380. The van der Waals surface area contributed by atoms with E-state index in [2.05, 4.69) is 29.5 Å². The van der Waals surface area contributed by atoms with Crippen LogP contribution < -0.4 is 9.46 Å². The van der Waals surface area contributed by atoms with Gasteiger partial charge in [0.25, 0.3) is 0 Å². The van der Waals surface area contributed by atoms with Crippen LogP contribution in [0.1, 0.15) is 56.2 Å². The molecular weight excluding hydrogens is 548 g/mol. The lowest BCUT2D eigenvalue weighted by molar-refractivity contribution is -0.134. The highest BCUT2D eigenvalue weighted by Gasteiger charge is 2.38. The number of aromatic nitrogens is 1. The monoisotopic (exact) mass is 592 g/mol. The fraction of sp³-hybridized carbons (Fsp3) is 0.485. The molecule has 1 spiro atoms. The Balaban J connectivity index is 1.26. The summed E-state index contributed by atoms with van der Waals surface area (Å²) in [7, 11) is -2.20. The van der Waals surface area contributed by atoms with Crippen molar-refractivity contribution in [3.8, 4) is 5.75 Å². The van der Waals surface area contributed by atoms with E-state index in [-0.39, 0.29) is 23.9 Å². The lowest BCUT2D eigenvalue weighted by atomic mass is 9.71. The van der Waals surface area contributed by atoms with Gasteiger partial charge in [-0.2, -0.15) is 0 Å². The summed E-state index contributed by atoms with van der Waals surface area (Å²) < 4.78 is 36.8. The number of methoxy groups -OCH3 is 1. The van der Waals surface area contributed by atoms with E-state index in [0.29, 0.717) is 22.3 Å². The van der Waals surface area contributed by atoms with Crippen molar-refractivity contribution < 1.29 is 17.9 Å². The second-order valence-electron chi connectivity index (χ2n) is 12.0. The number of sulfonamides is 1. The maximum absolute atomic E-state index is 13.5. The van der Waals surface area contributed by atoms with Crippen molar-refractivity contribution in [3.05, 3.63) is 71.1 Å². The number of likely N-dealkylation sites (tertiary alicyclic amines) is 2. The first kappa shape index (κ1) is 30.2. The number of ether oxygens (including phenoxy) is 1. The molecule has 0 atom stereocenters. The molecule has 3 aromatic rings. The van der Waals surface area contributed by atoms with Gasteiger partial charge < -0.3 is 19.1 Å². The minimum absolute atomic E-state index is 0.115. The molecule has 1 aromatic heterocycles. The zero-order valence-electron chi connectivity index (χ0n) is 25.6. The average Bonchev–Trinajstić information content (AvgIpc) is 3.39. The number of carbonyl (C=O) groups excluding carboxylic acids is 1. The molecule has 5 rings (SSSR count). The molecule has 2 aromatic carbocycles. The van der Waals surface area contributed by atoms with Gasteiger partial charge in [0.1, 0.15) is 12.3 Å². The molecule has 8 nitrogen and oxygen atoms in total. The number of nitrogens with one attached hydrogen (secondary N) is 1. The van der Waals surface area contributed by atoms with Gasteiger partial charge in [-0.05, 0) is 99.1 Å². The highest BCUT2D eigenvalue weighted by atomic mass is 32.2. The van der Waals surface area contributed by atoms with Crippen LogP contribution in [0.4, 0.5) is 0 Å². The maximum atomic E-state index is 13.5. The van der Waals surface area contributed by atoms with Gasteiger partial charge in [0.2, 0.25) is 15.9 Å². The zero-order valence-corrected chi connectivity index (χ0v) is 26.4. The zero-order chi connectivity index (χ0) is 30.1. The SMILES string of the molecule is CC=C(C)N1CCC2(CCN(C(=O)Cn3ccc4cccc(CNS(=O)(=O)c5c(C)cc(OC)cc5C)c43)CC2)CC1. The highest BCUT2D eigenvalue weighted by molar-refractivity contribution is 7.89. The lowest BCUT2D eigenvalue weighted by Crippen LogP contribution is -2.48. The van der Waals surface area contributed by atoms with Gasteiger partial charge in [-0.1, -0.05) is 24.3 Å². The van der Waals surface area contributed by atoms with Crippen LogP contribution in [-0.2, 0) is 27.9 Å². The number of para-hydroxylation sites is 1. The van der Waals surface area contributed by atoms with Crippen LogP contribution in [0.3, 0.4) is 0 Å². The molecule has 9 heteroatoms. The summed E-state index contributed by atoms with van der Waals surface area (Å²) in [6, 6.07) is 11.3. The third kappa shape index (κ3) is 6.08. The van der Waals surface area contributed by atoms with Crippen LogP contribution >= 0.6 is 0 Å². The first-order valence-electron chi connectivity index (χ1n) is 14.9. The van der Waals surface area contributed by atoms with Gasteiger partial charge >= 0.3 is 0 Å². The van der Waals surface area contributed by atoms with Crippen molar-refractivity contribution >= 4 is 26.8 Å². The number of hydrogen-bond acceptors (Lipinski definition) is 5. The van der Waals surface area contributed by atoms with Gasteiger partial charge in [0.05, 0.1) is 17.5 Å². The van der Waals surface area contributed by atoms with Crippen LogP contribution in [0.15, 0.2) is 59.3 Å². The van der Waals surface area contributed by atoms with E-state index in [1.807, 2.05) is 39.9 Å². The number of hydrogen-bond donors (Lipinski definition) is 1. The van der Waals surface area contributed by atoms with Crippen molar-refractivity contribution in [3.63, 3.8) is 0 Å². The second-order valence-corrected chi connectivity index (χ2v) is 13.7. The molecular formula is C33H44N4O4S. The number of piperidine rings is 2. The van der Waals surface area contributed by atoms with Gasteiger partial charge in [-0.25, -0.2) is 13.1 Å². The van der Waals surface area contributed by atoms with E-state index in [0.717, 1.165) is 55.5 Å². The summed E-state index contributed by atoms with van der Waals surface area (Å²) in [6.07, 6.45) is 8.63. The summed E-state index contributed by atoms with van der Waals surface area (Å²) in [4.78, 5) is 18.2. The number of carbonyl (C=O) groups is 1. The number of fused-ring (bicyclic) bond motifs is 1. The minimum atomic E-state index is -3.77. The number of benzene rings is 2. The standard InChI is InChI=1S/C33H44N4O4S/c1-6-26(4)35-16-11-33(12-17-35)13-18-36(19-14-33)30(38)23-37-15-10-27-8-7-9-28(31(27)37)22-34-42(39,40)32-24(2)20-29(41-5)21-25(32)3/h6-10,15,20-21,34H,11-14,16-19,22-23H2,1-5H3. The van der Waals surface area contributed by atoms with Crippen molar-refractivity contribution in [2.75, 3.05) is 33.3 Å². The number of allylic oxidation sites excluding steroid dienone is 2. The fourth-order valence-corrected chi connectivity index (χ4v) is 8.26. The summed E-state index contributed by atoms with van der Waals surface area (Å²) >= 11 is 0. The maximum Gasteiger partial charge on any atom is 0.242 e. The molecule has 2 fully saturated rings. The Labute approximate surface area is 250 Å². The van der Waals surface area contributed by atoms with E-state index in [9.17, 15) is 13.2 Å². The molecule has 226 valence electrons. The summed E-state index contributed by atoms with van der Waals surface area (Å²) in [6.45, 7) is 12.0. The Morgan fingerprint density at radius 3 is 2.21 bits per heavy atom. The Bertz CT molecular complexity index is 1570. The Kier molecular flexibility index (Phi) is 8.71. The van der Waals surface area contributed by atoms with Crippen molar-refractivity contribution in [1.82, 2.24) is 19.1 Å². The lowest BCUT2D eigenvalue weighted by Gasteiger charge is -2.47. The van der Waals surface area contributed by atoms with Crippen molar-refractivity contribution in [1.29, 1.82) is 0 Å². The van der Waals surface area contributed by atoms with Gasteiger partial charge in [-0.15, -0.1) is 0 Å². The number of amides is 1. The molecule has 1 amide bonds. The number of nitrogens with zero attached hydrogens (tertiary/aromatic N) is 3. The molecule has 3 heterocycles. The van der Waals surface area contributed by atoms with Crippen LogP contribution in [0.2, 0.25) is 0 Å². The largest absolute Gasteiger partial charge is 0.497 e. The predicted octanol–water partition coefficient (Wildman–Crippen LogP) is 5.37. The molecule has 0 aliphatic carbocycles. The molecule has 2 aliphatic rings. The topological polar surface area (TPSA) is 83.9 Å². The van der Waals surface area contributed by atoms with Gasteiger partial charge in [0, 0.05) is 44.6 Å². The predicted molar refractivity (Wildman–Crippen MR) is 167 cm³/mol. The Morgan fingerprint density at radius 1 is 1.00 bits per heavy atom. The van der Waals surface area contributed by atoms with E-state index in [4.69, 9.17) is 4.74 Å². The Morgan fingerprint density at radius 2 is 1.62 bits per heavy atom. The minimum Gasteiger partial charge on any atom is -0.497 e. The third-order valence-corrected chi connectivity index (χ3v) is 11.2. The molecule has 2 saturated heterocycles. The van der Waals surface area contributed by atoms with E-state index in [1.165, 1.54) is 18.5 Å². The molecule has 0 unspecified atom stereocenters. The van der Waals surface area contributed by atoms with Crippen molar-refractivity contribution in [2.24, 2.45) is 5.41 Å². The fourth-order valence-electron chi connectivity index (χ4n) is 6.80. The van der Waals surface area contributed by atoms with Crippen LogP contribution in [0.5, 0.6) is 5.75 Å². The number of rotatable bonds is 8. The average molecular weight is 593 g/mol. The molecule has 42 heavy (non-hydrogen) atoms. The summed E-state index contributed by atoms with van der Waals surface area (Å²) in [5.74, 6) is 0.745. The first-order valence-corrected chi connectivity index (χ1v) is 16.4. The summed E-state index contributed by atoms with van der Waals surface area (Å²) in [5, 5.41) is 0.983. The molecule has 2 aliphatic heterocycles. The normalized spacial score (nSPS) is 17.7. The smallest absolute Gasteiger partial charge is 0.242 e. The number of aryl methyl sites for hydroxylation is 2. The van der Waals surface area contributed by atoms with E-state index in [1.54, 1.807) is 33.1 Å². The second kappa shape index (κ2) is 12.1. The van der Waals surface area contributed by atoms with Crippen LogP contribution in [0, 0.1) is 19.3 Å². The Hall–Kier alpha value is -3.30. The molecule has 1 N–H and O–H groups in total. The van der Waals surface area contributed by atoms with Crippen LogP contribution in [-0.4, -0.2) is 62.0 Å². The molecule has 0 saturated carbocycles. The summed E-state index contributed by atoms with van der Waals surface area (Å²) in [5.41, 5.74) is 4.69. The molecule has 0 bridgehead atoms. The van der Waals surface area contributed by atoms with Crippen molar-refractivity contribution in [2.45, 2.75) is 71.4 Å². The first-order chi connectivity index (χ1) is 20.1. The van der Waals surface area contributed by atoms with Gasteiger partial charge in [-0.3, -0.25) is 4.79 Å². The van der Waals surface area contributed by atoms with Crippen LogP contribution in [0.25, 0.3) is 10.9 Å². The highest BCUT2D eigenvalue weighted by Crippen LogP contribution is 2.42. The van der Waals surface area contributed by atoms with E-state index < -0.39 is 10.0 Å². The van der Waals surface area contributed by atoms with Gasteiger partial charge in [0.15, 0.2) is 0 Å².